The van der Waals surface area contributed by atoms with Gasteiger partial charge < -0.3 is 9.84 Å². The highest BCUT2D eigenvalue weighted by Gasteiger charge is 2.18. The summed E-state index contributed by atoms with van der Waals surface area (Å²) in [6.45, 7) is 2.42. The van der Waals surface area contributed by atoms with Gasteiger partial charge in [0.25, 0.3) is 0 Å². The highest BCUT2D eigenvalue weighted by molar-refractivity contribution is 7.25. The molecule has 0 radical (unpaired) electrons. The van der Waals surface area contributed by atoms with E-state index in [4.69, 9.17) is 4.74 Å². The molecule has 5 aromatic carbocycles. The van der Waals surface area contributed by atoms with Gasteiger partial charge in [-0.2, -0.15) is 0 Å². The van der Waals surface area contributed by atoms with Crippen molar-refractivity contribution in [2.45, 2.75) is 20.1 Å². The number of thiophene rings is 2. The van der Waals surface area contributed by atoms with Crippen molar-refractivity contribution in [1.29, 1.82) is 0 Å². The third kappa shape index (κ3) is 5.30. The SMILES string of the molecule is CC(=Cc1ccc2cc(N(c3cc4ccccc4s3)c3cc4ccccc4s3)ccc2c1)OCc1ccccc1CO. The topological polar surface area (TPSA) is 32.7 Å². The Hall–Kier alpha value is -4.42. The zero-order chi connectivity index (χ0) is 28.5. The van der Waals surface area contributed by atoms with E-state index in [2.05, 4.69) is 108 Å². The molecular weight excluding hydrogens is 555 g/mol. The lowest BCUT2D eigenvalue weighted by molar-refractivity contribution is 0.199. The predicted octanol–water partition coefficient (Wildman–Crippen LogP) is 10.8. The van der Waals surface area contributed by atoms with Crippen LogP contribution in [0.5, 0.6) is 0 Å². The van der Waals surface area contributed by atoms with E-state index in [9.17, 15) is 5.11 Å². The second kappa shape index (κ2) is 11.5. The largest absolute Gasteiger partial charge is 0.494 e. The zero-order valence-corrected chi connectivity index (χ0v) is 24.8. The van der Waals surface area contributed by atoms with E-state index in [0.717, 1.165) is 28.1 Å². The van der Waals surface area contributed by atoms with Crippen LogP contribution in [-0.2, 0) is 18.0 Å². The minimum absolute atomic E-state index is 0.0121. The number of benzene rings is 5. The molecule has 0 aliphatic heterocycles. The summed E-state index contributed by atoms with van der Waals surface area (Å²) in [6, 6.07) is 42.8. The molecule has 1 N–H and O–H groups in total. The van der Waals surface area contributed by atoms with Crippen molar-refractivity contribution >= 4 is 75.4 Å². The number of aliphatic hydroxyl groups excluding tert-OH is 1. The molecule has 206 valence electrons. The minimum Gasteiger partial charge on any atom is -0.494 e. The third-order valence-electron chi connectivity index (χ3n) is 7.49. The first-order valence-corrected chi connectivity index (χ1v) is 15.6. The average molecular weight is 584 g/mol. The lowest BCUT2D eigenvalue weighted by atomic mass is 10.1. The maximum absolute atomic E-state index is 9.60. The Morgan fingerprint density at radius 1 is 0.667 bits per heavy atom. The van der Waals surface area contributed by atoms with Crippen molar-refractivity contribution in [2.24, 2.45) is 0 Å². The van der Waals surface area contributed by atoms with Gasteiger partial charge in [0, 0.05) is 15.1 Å². The molecule has 42 heavy (non-hydrogen) atoms. The smallest absolute Gasteiger partial charge is 0.113 e. The maximum atomic E-state index is 9.60. The molecule has 7 aromatic rings. The van der Waals surface area contributed by atoms with E-state index in [1.54, 1.807) is 0 Å². The Labute approximate surface area is 253 Å². The van der Waals surface area contributed by atoms with Crippen molar-refractivity contribution in [1.82, 2.24) is 0 Å². The summed E-state index contributed by atoms with van der Waals surface area (Å²) in [6.07, 6.45) is 2.07. The van der Waals surface area contributed by atoms with Crippen molar-refractivity contribution in [3.05, 3.63) is 144 Å². The van der Waals surface area contributed by atoms with Crippen molar-refractivity contribution in [2.75, 3.05) is 4.90 Å². The van der Waals surface area contributed by atoms with Crippen molar-refractivity contribution in [3.8, 4) is 0 Å². The average Bonchev–Trinajstić information content (AvgIpc) is 3.64. The van der Waals surface area contributed by atoms with Crippen LogP contribution in [0.2, 0.25) is 0 Å². The molecule has 0 fully saturated rings. The number of rotatable bonds is 8. The first-order valence-electron chi connectivity index (χ1n) is 13.9. The standard InChI is InChI=1S/C37H29NO2S2/c1-25(40-24-32-11-3-2-10-31(32)23-39)18-26-14-15-28-20-33(17-16-27(28)19-26)38(36-21-29-8-4-6-12-34(29)41-36)37-22-30-9-5-7-13-35(30)42-37/h2-22,39H,23-24H2,1H3. The van der Waals surface area contributed by atoms with E-state index in [1.807, 2.05) is 53.9 Å². The molecule has 0 aliphatic carbocycles. The Morgan fingerprint density at radius 2 is 1.26 bits per heavy atom. The van der Waals surface area contributed by atoms with E-state index < -0.39 is 0 Å². The van der Waals surface area contributed by atoms with Crippen LogP contribution in [0.25, 0.3) is 37.0 Å². The van der Waals surface area contributed by atoms with Crippen LogP contribution in [0, 0.1) is 0 Å². The van der Waals surface area contributed by atoms with Gasteiger partial charge >= 0.3 is 0 Å². The van der Waals surface area contributed by atoms with Gasteiger partial charge in [0.2, 0.25) is 0 Å². The summed E-state index contributed by atoms with van der Waals surface area (Å²) >= 11 is 3.64. The summed E-state index contributed by atoms with van der Waals surface area (Å²) in [4.78, 5) is 2.39. The Bertz CT molecular complexity index is 1930. The van der Waals surface area contributed by atoms with Crippen molar-refractivity contribution < 1.29 is 9.84 Å². The van der Waals surface area contributed by atoms with Crippen LogP contribution < -0.4 is 4.90 Å². The molecule has 0 saturated heterocycles. The Morgan fingerprint density at radius 3 is 1.93 bits per heavy atom. The number of ether oxygens (including phenoxy) is 1. The molecule has 0 aliphatic rings. The summed E-state index contributed by atoms with van der Waals surface area (Å²) in [5, 5.41) is 16.9. The van der Waals surface area contributed by atoms with Gasteiger partial charge in [-0.05, 0) is 93.7 Å². The molecule has 2 heterocycles. The second-order valence-corrected chi connectivity index (χ2v) is 12.5. The molecule has 0 saturated carbocycles. The molecule has 7 rings (SSSR count). The third-order valence-corrected chi connectivity index (χ3v) is 9.69. The predicted molar refractivity (Wildman–Crippen MR) is 180 cm³/mol. The molecule has 2 aromatic heterocycles. The number of fused-ring (bicyclic) bond motifs is 3. The molecule has 0 atom stereocenters. The van der Waals surface area contributed by atoms with Gasteiger partial charge in [-0.25, -0.2) is 0 Å². The van der Waals surface area contributed by atoms with Crippen molar-refractivity contribution in [3.63, 3.8) is 0 Å². The Balaban J connectivity index is 1.21. The van der Waals surface area contributed by atoms with Gasteiger partial charge in [0.1, 0.15) is 16.6 Å². The summed E-state index contributed by atoms with van der Waals surface area (Å²) < 4.78 is 8.60. The summed E-state index contributed by atoms with van der Waals surface area (Å²) in [5.41, 5.74) is 4.13. The van der Waals surface area contributed by atoms with Crippen LogP contribution in [0.3, 0.4) is 0 Å². The van der Waals surface area contributed by atoms with Gasteiger partial charge in [0.15, 0.2) is 0 Å². The first kappa shape index (κ1) is 26.5. The van der Waals surface area contributed by atoms with E-state index >= 15 is 0 Å². The fourth-order valence-electron chi connectivity index (χ4n) is 5.32. The van der Waals surface area contributed by atoms with Crippen LogP contribution in [0.1, 0.15) is 23.6 Å². The Kier molecular flexibility index (Phi) is 7.22. The van der Waals surface area contributed by atoms with Crippen LogP contribution in [0.4, 0.5) is 15.7 Å². The quantitative estimate of drug-likeness (QED) is 0.181. The number of anilines is 3. The summed E-state index contributed by atoms with van der Waals surface area (Å²) in [5.74, 6) is 0.833. The fraction of sp³-hybridized carbons (Fsp3) is 0.0811. The van der Waals surface area contributed by atoms with Crippen LogP contribution >= 0.6 is 22.7 Å². The lowest BCUT2D eigenvalue weighted by Crippen LogP contribution is -2.06. The zero-order valence-electron chi connectivity index (χ0n) is 23.2. The fourth-order valence-corrected chi connectivity index (χ4v) is 7.57. The summed E-state index contributed by atoms with van der Waals surface area (Å²) in [7, 11) is 0. The van der Waals surface area contributed by atoms with E-state index in [-0.39, 0.29) is 6.61 Å². The van der Waals surface area contributed by atoms with Crippen LogP contribution in [0.15, 0.2) is 127 Å². The normalized spacial score (nSPS) is 11.9. The molecule has 0 spiro atoms. The molecule has 0 bridgehead atoms. The second-order valence-electron chi connectivity index (χ2n) is 10.3. The monoisotopic (exact) mass is 583 g/mol. The van der Waals surface area contributed by atoms with E-state index in [0.29, 0.717) is 6.61 Å². The number of hydrogen-bond acceptors (Lipinski definition) is 5. The molecule has 0 unspecified atom stereocenters. The van der Waals surface area contributed by atoms with Crippen LogP contribution in [-0.4, -0.2) is 5.11 Å². The van der Waals surface area contributed by atoms with Gasteiger partial charge in [-0.1, -0.05) is 78.9 Å². The number of aliphatic hydroxyl groups is 1. The maximum Gasteiger partial charge on any atom is 0.113 e. The van der Waals surface area contributed by atoms with Gasteiger partial charge in [-0.15, -0.1) is 22.7 Å². The first-order chi connectivity index (χ1) is 20.6. The molecule has 0 amide bonds. The van der Waals surface area contributed by atoms with Gasteiger partial charge in [0.05, 0.1) is 12.4 Å². The number of allylic oxidation sites excluding steroid dienone is 1. The number of nitrogens with zero attached hydrogens (tertiary/aromatic N) is 1. The highest BCUT2D eigenvalue weighted by atomic mass is 32.1. The minimum atomic E-state index is 0.0121. The number of hydrogen-bond donors (Lipinski definition) is 1. The molecule has 3 nitrogen and oxygen atoms in total. The van der Waals surface area contributed by atoms with E-state index in [1.165, 1.54) is 40.9 Å². The lowest BCUT2D eigenvalue weighted by Gasteiger charge is -2.22. The molecule has 5 heteroatoms. The van der Waals surface area contributed by atoms with Gasteiger partial charge in [-0.3, -0.25) is 4.90 Å². The molecular formula is C37H29NO2S2. The highest BCUT2D eigenvalue weighted by Crippen LogP contribution is 2.46.